The van der Waals surface area contributed by atoms with Gasteiger partial charge in [0.15, 0.2) is 0 Å². The third kappa shape index (κ3) is 4.94. The fraction of sp³-hybridized carbons (Fsp3) is 0.545. The van der Waals surface area contributed by atoms with Gasteiger partial charge in [0.2, 0.25) is 0 Å². The lowest BCUT2D eigenvalue weighted by molar-refractivity contribution is 0.606. The lowest BCUT2D eigenvalue weighted by atomic mass is 10.3. The van der Waals surface area contributed by atoms with Crippen LogP contribution in [0, 0.1) is 0 Å². The highest BCUT2D eigenvalue weighted by atomic mass is 14.9. The standard InChI is InChI=1S/C11H19N3/c1-2-5-12-7-8-14-10-11-4-3-6-13-9-11/h3-4,6,9,12,14H,2,5,7-8,10H2,1H3. The van der Waals surface area contributed by atoms with Gasteiger partial charge in [0, 0.05) is 32.0 Å². The van der Waals surface area contributed by atoms with Gasteiger partial charge >= 0.3 is 0 Å². The molecule has 1 aromatic heterocycles. The van der Waals surface area contributed by atoms with Crippen molar-refractivity contribution < 1.29 is 0 Å². The minimum absolute atomic E-state index is 0.904. The lowest BCUT2D eigenvalue weighted by Crippen LogP contribution is -2.27. The molecule has 0 amide bonds. The van der Waals surface area contributed by atoms with E-state index in [0.29, 0.717) is 0 Å². The molecule has 78 valence electrons. The van der Waals surface area contributed by atoms with Gasteiger partial charge in [-0.25, -0.2) is 0 Å². The molecule has 1 heterocycles. The third-order valence-electron chi connectivity index (χ3n) is 1.96. The Morgan fingerprint density at radius 1 is 1.21 bits per heavy atom. The van der Waals surface area contributed by atoms with Gasteiger partial charge in [0.1, 0.15) is 0 Å². The van der Waals surface area contributed by atoms with Crippen LogP contribution in [0.5, 0.6) is 0 Å². The van der Waals surface area contributed by atoms with Gasteiger partial charge in [-0.15, -0.1) is 0 Å². The van der Waals surface area contributed by atoms with Crippen LogP contribution in [0.25, 0.3) is 0 Å². The van der Waals surface area contributed by atoms with E-state index in [1.807, 2.05) is 12.3 Å². The zero-order valence-corrected chi connectivity index (χ0v) is 8.79. The van der Waals surface area contributed by atoms with Gasteiger partial charge in [-0.05, 0) is 24.6 Å². The van der Waals surface area contributed by atoms with E-state index in [9.17, 15) is 0 Å². The fourth-order valence-electron chi connectivity index (χ4n) is 1.21. The largest absolute Gasteiger partial charge is 0.315 e. The maximum atomic E-state index is 4.06. The van der Waals surface area contributed by atoms with Crippen LogP contribution < -0.4 is 10.6 Å². The molecular formula is C11H19N3. The van der Waals surface area contributed by atoms with Crippen LogP contribution in [0.3, 0.4) is 0 Å². The quantitative estimate of drug-likeness (QED) is 0.638. The summed E-state index contributed by atoms with van der Waals surface area (Å²) >= 11 is 0. The summed E-state index contributed by atoms with van der Waals surface area (Å²) < 4.78 is 0. The number of hydrogen-bond donors (Lipinski definition) is 2. The highest BCUT2D eigenvalue weighted by Gasteiger charge is 1.90. The maximum Gasteiger partial charge on any atom is 0.0312 e. The predicted molar refractivity (Wildman–Crippen MR) is 59.1 cm³/mol. The van der Waals surface area contributed by atoms with Crippen LogP contribution >= 0.6 is 0 Å². The Bertz CT molecular complexity index is 223. The Hall–Kier alpha value is -0.930. The SMILES string of the molecule is CCCNCCNCc1cccnc1. The van der Waals surface area contributed by atoms with Crippen molar-refractivity contribution in [2.75, 3.05) is 19.6 Å². The van der Waals surface area contributed by atoms with E-state index in [0.717, 1.165) is 26.2 Å². The molecule has 0 aromatic carbocycles. The van der Waals surface area contributed by atoms with Crippen molar-refractivity contribution in [3.63, 3.8) is 0 Å². The Balaban J connectivity index is 1.99. The summed E-state index contributed by atoms with van der Waals surface area (Å²) in [6.45, 7) is 6.23. The van der Waals surface area contributed by atoms with Crippen LogP contribution in [-0.2, 0) is 6.54 Å². The molecule has 3 heteroatoms. The van der Waals surface area contributed by atoms with Gasteiger partial charge in [0.05, 0.1) is 0 Å². The number of rotatable bonds is 7. The van der Waals surface area contributed by atoms with Crippen molar-refractivity contribution in [1.82, 2.24) is 15.6 Å². The van der Waals surface area contributed by atoms with Crippen molar-refractivity contribution in [2.24, 2.45) is 0 Å². The summed E-state index contributed by atoms with van der Waals surface area (Å²) in [7, 11) is 0. The van der Waals surface area contributed by atoms with Crippen LogP contribution in [-0.4, -0.2) is 24.6 Å². The molecule has 1 aromatic rings. The first kappa shape index (κ1) is 11.1. The van der Waals surface area contributed by atoms with Gasteiger partial charge in [-0.2, -0.15) is 0 Å². The van der Waals surface area contributed by atoms with Crippen LogP contribution in [0.1, 0.15) is 18.9 Å². The number of aromatic nitrogens is 1. The van der Waals surface area contributed by atoms with E-state index in [1.165, 1.54) is 12.0 Å². The first-order valence-corrected chi connectivity index (χ1v) is 5.24. The molecule has 2 N–H and O–H groups in total. The summed E-state index contributed by atoms with van der Waals surface area (Å²) in [5.74, 6) is 0. The normalized spacial score (nSPS) is 10.4. The predicted octanol–water partition coefficient (Wildman–Crippen LogP) is 1.17. The molecule has 0 atom stereocenters. The van der Waals surface area contributed by atoms with Gasteiger partial charge < -0.3 is 10.6 Å². The molecule has 0 aliphatic heterocycles. The van der Waals surface area contributed by atoms with Crippen LogP contribution in [0.15, 0.2) is 24.5 Å². The molecule has 1 rings (SSSR count). The molecule has 0 fully saturated rings. The summed E-state index contributed by atoms with van der Waals surface area (Å²) in [6.07, 6.45) is 4.89. The molecule has 0 aliphatic rings. The summed E-state index contributed by atoms with van der Waals surface area (Å²) in [5.41, 5.74) is 1.24. The molecule has 0 unspecified atom stereocenters. The van der Waals surface area contributed by atoms with Crippen molar-refractivity contribution in [3.05, 3.63) is 30.1 Å². The van der Waals surface area contributed by atoms with E-state index in [-0.39, 0.29) is 0 Å². The minimum atomic E-state index is 0.904. The topological polar surface area (TPSA) is 37.0 Å². The Morgan fingerprint density at radius 3 is 2.79 bits per heavy atom. The van der Waals surface area contributed by atoms with Crippen LogP contribution in [0.2, 0.25) is 0 Å². The highest BCUT2D eigenvalue weighted by molar-refractivity contribution is 5.07. The first-order chi connectivity index (χ1) is 6.93. The zero-order chi connectivity index (χ0) is 10.1. The number of nitrogens with zero attached hydrogens (tertiary/aromatic N) is 1. The molecular weight excluding hydrogens is 174 g/mol. The highest BCUT2D eigenvalue weighted by Crippen LogP contribution is 1.93. The smallest absolute Gasteiger partial charge is 0.0312 e. The average Bonchev–Trinajstić information content (AvgIpc) is 2.25. The Kier molecular flexibility index (Phi) is 5.95. The van der Waals surface area contributed by atoms with E-state index in [1.54, 1.807) is 6.20 Å². The number of nitrogens with one attached hydrogen (secondary N) is 2. The van der Waals surface area contributed by atoms with E-state index in [2.05, 4.69) is 28.6 Å². The summed E-state index contributed by atoms with van der Waals surface area (Å²) in [5, 5.41) is 6.70. The Labute approximate surface area is 85.9 Å². The zero-order valence-electron chi connectivity index (χ0n) is 8.79. The lowest BCUT2D eigenvalue weighted by Gasteiger charge is -2.05. The molecule has 14 heavy (non-hydrogen) atoms. The minimum Gasteiger partial charge on any atom is -0.315 e. The monoisotopic (exact) mass is 193 g/mol. The first-order valence-electron chi connectivity index (χ1n) is 5.24. The molecule has 0 spiro atoms. The third-order valence-corrected chi connectivity index (χ3v) is 1.96. The van der Waals surface area contributed by atoms with Crippen molar-refractivity contribution >= 4 is 0 Å². The Morgan fingerprint density at radius 2 is 2.07 bits per heavy atom. The average molecular weight is 193 g/mol. The summed E-state index contributed by atoms with van der Waals surface area (Å²) in [6, 6.07) is 4.05. The van der Waals surface area contributed by atoms with Crippen LogP contribution in [0.4, 0.5) is 0 Å². The molecule has 3 nitrogen and oxygen atoms in total. The van der Waals surface area contributed by atoms with Crippen molar-refractivity contribution in [2.45, 2.75) is 19.9 Å². The summed E-state index contributed by atoms with van der Waals surface area (Å²) in [4.78, 5) is 4.06. The maximum absolute atomic E-state index is 4.06. The molecule has 0 radical (unpaired) electrons. The second-order valence-corrected chi connectivity index (χ2v) is 3.29. The number of pyridine rings is 1. The van der Waals surface area contributed by atoms with E-state index in [4.69, 9.17) is 0 Å². The van der Waals surface area contributed by atoms with Gasteiger partial charge in [-0.3, -0.25) is 4.98 Å². The molecule has 0 saturated heterocycles. The van der Waals surface area contributed by atoms with E-state index < -0.39 is 0 Å². The van der Waals surface area contributed by atoms with Crippen molar-refractivity contribution in [1.29, 1.82) is 0 Å². The molecule has 0 saturated carbocycles. The fourth-order valence-corrected chi connectivity index (χ4v) is 1.21. The van der Waals surface area contributed by atoms with Gasteiger partial charge in [-0.1, -0.05) is 13.0 Å². The van der Waals surface area contributed by atoms with E-state index >= 15 is 0 Å². The number of hydrogen-bond acceptors (Lipinski definition) is 3. The molecule has 0 bridgehead atoms. The second-order valence-electron chi connectivity index (χ2n) is 3.29. The second kappa shape index (κ2) is 7.47. The van der Waals surface area contributed by atoms with Crippen molar-refractivity contribution in [3.8, 4) is 0 Å². The molecule has 0 aliphatic carbocycles. The van der Waals surface area contributed by atoms with Gasteiger partial charge in [0.25, 0.3) is 0 Å².